The van der Waals surface area contributed by atoms with Gasteiger partial charge in [-0.1, -0.05) is 48.2 Å². The third-order valence-corrected chi connectivity index (χ3v) is 5.94. The number of benzene rings is 2. The van der Waals surface area contributed by atoms with E-state index >= 15 is 0 Å². The molecule has 2 aromatic heterocycles. The molecule has 0 saturated heterocycles. The number of fused-ring (bicyclic) bond motifs is 1. The van der Waals surface area contributed by atoms with E-state index in [1.807, 2.05) is 60.7 Å². The molecule has 0 aliphatic carbocycles. The van der Waals surface area contributed by atoms with Gasteiger partial charge in [-0.2, -0.15) is 0 Å². The number of anilines is 1. The van der Waals surface area contributed by atoms with Crippen LogP contribution in [0.5, 0.6) is 0 Å². The summed E-state index contributed by atoms with van der Waals surface area (Å²) in [7, 11) is 1.90. The predicted molar refractivity (Wildman–Crippen MR) is 116 cm³/mol. The van der Waals surface area contributed by atoms with Gasteiger partial charge in [0.15, 0.2) is 11.0 Å². The van der Waals surface area contributed by atoms with Gasteiger partial charge in [0.2, 0.25) is 5.91 Å². The van der Waals surface area contributed by atoms with Crippen LogP contribution in [-0.2, 0) is 11.8 Å². The van der Waals surface area contributed by atoms with Crippen LogP contribution in [0.2, 0.25) is 0 Å². The van der Waals surface area contributed by atoms with Crippen molar-refractivity contribution in [1.29, 1.82) is 0 Å². The summed E-state index contributed by atoms with van der Waals surface area (Å²) in [6.07, 6.45) is 1.64. The Bertz CT molecular complexity index is 1160. The lowest BCUT2D eigenvalue weighted by Gasteiger charge is -2.22. The number of rotatable bonds is 6. The molecule has 0 N–H and O–H groups in total. The number of amides is 1. The Kier molecular flexibility index (Phi) is 5.40. The second-order valence-electron chi connectivity index (χ2n) is 6.68. The molecule has 0 atom stereocenters. The van der Waals surface area contributed by atoms with Crippen LogP contribution in [0.1, 0.15) is 12.7 Å². The molecule has 6 nitrogen and oxygen atoms in total. The topological polar surface area (TPSA) is 64.2 Å². The highest BCUT2D eigenvalue weighted by Crippen LogP contribution is 2.29. The molecule has 0 aliphatic heterocycles. The molecule has 29 heavy (non-hydrogen) atoms. The minimum atomic E-state index is 0.0397. The first kappa shape index (κ1) is 19.3. The van der Waals surface area contributed by atoms with Crippen molar-refractivity contribution in [1.82, 2.24) is 14.8 Å². The summed E-state index contributed by atoms with van der Waals surface area (Å²) in [5.74, 6) is 1.85. The normalized spacial score (nSPS) is 11.1. The average molecular weight is 407 g/mol. The van der Waals surface area contributed by atoms with Gasteiger partial charge in [-0.15, -0.1) is 10.2 Å². The first-order valence-corrected chi connectivity index (χ1v) is 10.4. The lowest BCUT2D eigenvalue weighted by Crippen LogP contribution is -2.32. The largest absolute Gasteiger partial charge is 0.469 e. The van der Waals surface area contributed by atoms with Gasteiger partial charge in [-0.05, 0) is 31.4 Å². The van der Waals surface area contributed by atoms with E-state index in [4.69, 9.17) is 4.42 Å². The van der Waals surface area contributed by atoms with Crippen molar-refractivity contribution in [3.8, 4) is 11.4 Å². The van der Waals surface area contributed by atoms with Gasteiger partial charge < -0.3 is 13.9 Å². The van der Waals surface area contributed by atoms with Crippen LogP contribution in [0.3, 0.4) is 0 Å². The maximum absolute atomic E-state index is 13.0. The molecule has 0 saturated carbocycles. The highest BCUT2D eigenvalue weighted by atomic mass is 32.2. The zero-order valence-corrected chi connectivity index (χ0v) is 17.4. The first-order valence-electron chi connectivity index (χ1n) is 9.45. The van der Waals surface area contributed by atoms with Crippen molar-refractivity contribution in [2.75, 3.05) is 17.2 Å². The molecular formula is C22H22N4O2S. The molecule has 0 aliphatic rings. The van der Waals surface area contributed by atoms with E-state index in [1.54, 1.807) is 6.26 Å². The van der Waals surface area contributed by atoms with E-state index in [0.717, 1.165) is 33.6 Å². The molecule has 4 aromatic rings. The van der Waals surface area contributed by atoms with Crippen LogP contribution in [0.25, 0.3) is 22.2 Å². The second kappa shape index (κ2) is 8.13. The van der Waals surface area contributed by atoms with Gasteiger partial charge in [0.1, 0.15) is 5.76 Å². The van der Waals surface area contributed by atoms with E-state index in [0.29, 0.717) is 11.7 Å². The molecule has 0 radical (unpaired) electrons. The van der Waals surface area contributed by atoms with Gasteiger partial charge in [-0.3, -0.25) is 4.79 Å². The Balaban J connectivity index is 1.53. The summed E-state index contributed by atoms with van der Waals surface area (Å²) in [5.41, 5.74) is 1.84. The third kappa shape index (κ3) is 3.65. The fraction of sp³-hybridized carbons (Fsp3) is 0.227. The SMILES string of the molecule is CCN(C(=O)CSc1nnc(-c2ccoc2C)n1C)c1cccc2ccccc12. The van der Waals surface area contributed by atoms with Crippen molar-refractivity contribution < 1.29 is 9.21 Å². The van der Waals surface area contributed by atoms with Crippen LogP contribution in [0, 0.1) is 6.92 Å². The van der Waals surface area contributed by atoms with E-state index in [2.05, 4.69) is 28.4 Å². The highest BCUT2D eigenvalue weighted by Gasteiger charge is 2.19. The van der Waals surface area contributed by atoms with Crippen molar-refractivity contribution in [2.24, 2.45) is 7.05 Å². The summed E-state index contributed by atoms with van der Waals surface area (Å²) in [6, 6.07) is 16.0. The van der Waals surface area contributed by atoms with Crippen molar-refractivity contribution in [2.45, 2.75) is 19.0 Å². The van der Waals surface area contributed by atoms with E-state index in [-0.39, 0.29) is 11.7 Å². The maximum Gasteiger partial charge on any atom is 0.237 e. The minimum absolute atomic E-state index is 0.0397. The Morgan fingerprint density at radius 2 is 1.93 bits per heavy atom. The van der Waals surface area contributed by atoms with E-state index in [9.17, 15) is 4.79 Å². The van der Waals surface area contributed by atoms with Crippen LogP contribution < -0.4 is 4.90 Å². The monoisotopic (exact) mass is 406 g/mol. The molecule has 1 amide bonds. The van der Waals surface area contributed by atoms with Crippen LogP contribution in [-0.4, -0.2) is 33.0 Å². The highest BCUT2D eigenvalue weighted by molar-refractivity contribution is 7.99. The lowest BCUT2D eigenvalue weighted by atomic mass is 10.1. The summed E-state index contributed by atoms with van der Waals surface area (Å²) in [4.78, 5) is 14.9. The minimum Gasteiger partial charge on any atom is -0.469 e. The molecule has 7 heteroatoms. The van der Waals surface area contributed by atoms with Crippen LogP contribution in [0.4, 0.5) is 5.69 Å². The fourth-order valence-corrected chi connectivity index (χ4v) is 4.21. The number of hydrogen-bond acceptors (Lipinski definition) is 5. The molecule has 2 aromatic carbocycles. The van der Waals surface area contributed by atoms with Gasteiger partial charge in [0.05, 0.1) is 23.3 Å². The molecule has 0 spiro atoms. The van der Waals surface area contributed by atoms with Gasteiger partial charge in [0.25, 0.3) is 0 Å². The standard InChI is InChI=1S/C22H22N4O2S/c1-4-26(19-11-7-9-16-8-5-6-10-18(16)19)20(27)14-29-22-24-23-21(25(22)3)17-12-13-28-15(17)2/h5-13H,4,14H2,1-3H3. The van der Waals surface area contributed by atoms with Gasteiger partial charge >= 0.3 is 0 Å². The Morgan fingerprint density at radius 3 is 2.69 bits per heavy atom. The summed E-state index contributed by atoms with van der Waals surface area (Å²) in [5, 5.41) is 11.4. The molecule has 148 valence electrons. The molecule has 0 unspecified atom stereocenters. The zero-order valence-electron chi connectivity index (χ0n) is 16.6. The Labute approximate surface area is 173 Å². The van der Waals surface area contributed by atoms with Crippen molar-refractivity contribution in [3.05, 3.63) is 60.6 Å². The number of aromatic nitrogens is 3. The number of carbonyl (C=O) groups excluding carboxylic acids is 1. The predicted octanol–water partition coefficient (Wildman–Crippen LogP) is 4.68. The van der Waals surface area contributed by atoms with Crippen LogP contribution >= 0.6 is 11.8 Å². The summed E-state index contributed by atoms with van der Waals surface area (Å²) >= 11 is 1.39. The van der Waals surface area contributed by atoms with Crippen molar-refractivity contribution in [3.63, 3.8) is 0 Å². The fourth-order valence-electron chi connectivity index (χ4n) is 3.42. The summed E-state index contributed by atoms with van der Waals surface area (Å²) in [6.45, 7) is 4.49. The number of nitrogens with zero attached hydrogens (tertiary/aromatic N) is 4. The molecule has 4 rings (SSSR count). The quantitative estimate of drug-likeness (QED) is 0.435. The van der Waals surface area contributed by atoms with Gasteiger partial charge in [0, 0.05) is 19.0 Å². The summed E-state index contributed by atoms with van der Waals surface area (Å²) < 4.78 is 7.26. The lowest BCUT2D eigenvalue weighted by molar-refractivity contribution is -0.116. The maximum atomic E-state index is 13.0. The van der Waals surface area contributed by atoms with Crippen molar-refractivity contribution >= 4 is 34.1 Å². The smallest absolute Gasteiger partial charge is 0.237 e. The van der Waals surface area contributed by atoms with E-state index in [1.165, 1.54) is 11.8 Å². The molecule has 2 heterocycles. The number of thioether (sulfide) groups is 1. The van der Waals surface area contributed by atoms with E-state index < -0.39 is 0 Å². The average Bonchev–Trinajstić information content (AvgIpc) is 3.32. The first-order chi connectivity index (χ1) is 14.1. The number of carbonyl (C=O) groups is 1. The molecular weight excluding hydrogens is 384 g/mol. The number of furan rings is 1. The zero-order chi connectivity index (χ0) is 20.4. The Hall–Kier alpha value is -3.06. The number of hydrogen-bond donors (Lipinski definition) is 0. The van der Waals surface area contributed by atoms with Gasteiger partial charge in [-0.25, -0.2) is 0 Å². The third-order valence-electron chi connectivity index (χ3n) is 4.93. The Morgan fingerprint density at radius 1 is 1.14 bits per heavy atom. The number of aryl methyl sites for hydroxylation is 1. The van der Waals surface area contributed by atoms with Crippen LogP contribution in [0.15, 0.2) is 64.4 Å². The molecule has 0 bridgehead atoms. The molecule has 0 fully saturated rings. The second-order valence-corrected chi connectivity index (χ2v) is 7.62.